The molecule has 0 aromatic rings. The quantitative estimate of drug-likeness (QED) is 0.271. The summed E-state index contributed by atoms with van der Waals surface area (Å²) in [7, 11) is 0. The van der Waals surface area contributed by atoms with Crippen LogP contribution in [0.15, 0.2) is 72.9 Å². The van der Waals surface area contributed by atoms with E-state index in [1.807, 2.05) is 19.1 Å². The van der Waals surface area contributed by atoms with E-state index in [2.05, 4.69) is 0 Å². The van der Waals surface area contributed by atoms with Gasteiger partial charge < -0.3 is 44.8 Å². The lowest BCUT2D eigenvalue weighted by Crippen LogP contribution is -2.59. The largest absolute Gasteiger partial charge is 0.459 e. The van der Waals surface area contributed by atoms with Crippen LogP contribution in [-0.2, 0) is 19.0 Å². The molecule has 2 heterocycles. The second kappa shape index (κ2) is 19.7. The highest BCUT2D eigenvalue weighted by atomic mass is 16.7. The minimum absolute atomic E-state index is 0.184. The fourth-order valence-electron chi connectivity index (χ4n) is 4.29. The molecule has 0 aromatic carbocycles. The van der Waals surface area contributed by atoms with E-state index in [1.165, 1.54) is 6.08 Å². The Kier molecular flexibility index (Phi) is 16.7. The molecule has 0 aliphatic carbocycles. The van der Waals surface area contributed by atoms with E-state index < -0.39 is 61.6 Å². The number of hydrogen-bond donors (Lipinski definition) is 6. The molecule has 9 atom stereocenters. The van der Waals surface area contributed by atoms with Crippen molar-refractivity contribution in [3.63, 3.8) is 0 Å². The highest BCUT2D eigenvalue weighted by molar-refractivity contribution is 5.82. The van der Waals surface area contributed by atoms with Crippen molar-refractivity contribution in [2.75, 3.05) is 6.61 Å². The minimum atomic E-state index is -1.57. The second-order valence-corrected chi connectivity index (χ2v) is 10.1. The number of allylic oxidation sites excluding steroid dienone is 7. The third-order valence-corrected chi connectivity index (χ3v) is 6.72. The number of rotatable bonds is 4. The molecular formula is C31H46O10. The van der Waals surface area contributed by atoms with Gasteiger partial charge in [0.05, 0.1) is 24.9 Å². The van der Waals surface area contributed by atoms with Gasteiger partial charge in [0, 0.05) is 12.5 Å². The fourth-order valence-corrected chi connectivity index (χ4v) is 4.29. The molecule has 2 aliphatic heterocycles. The maximum absolute atomic E-state index is 12.2. The van der Waals surface area contributed by atoms with Gasteiger partial charge >= 0.3 is 5.97 Å². The summed E-state index contributed by atoms with van der Waals surface area (Å²) in [4.78, 5) is 12.2. The van der Waals surface area contributed by atoms with Crippen LogP contribution in [0.4, 0.5) is 0 Å². The highest BCUT2D eigenvalue weighted by Gasteiger charge is 2.44. The summed E-state index contributed by atoms with van der Waals surface area (Å²) in [6.45, 7) is 1.39. The van der Waals surface area contributed by atoms with Crippen LogP contribution < -0.4 is 0 Å². The zero-order chi connectivity index (χ0) is 30.0. The third kappa shape index (κ3) is 13.4. The first-order valence-electron chi connectivity index (χ1n) is 14.3. The van der Waals surface area contributed by atoms with Crippen molar-refractivity contribution in [3.8, 4) is 0 Å². The van der Waals surface area contributed by atoms with Crippen molar-refractivity contribution in [1.29, 1.82) is 0 Å². The van der Waals surface area contributed by atoms with Crippen LogP contribution in [0.25, 0.3) is 0 Å². The molecule has 2 aliphatic rings. The number of hydrogen-bond acceptors (Lipinski definition) is 10. The number of ether oxygens (including phenoxy) is 3. The van der Waals surface area contributed by atoms with Gasteiger partial charge in [-0.3, -0.25) is 0 Å². The van der Waals surface area contributed by atoms with Crippen molar-refractivity contribution in [1.82, 2.24) is 0 Å². The molecule has 0 radical (unpaired) electrons. The van der Waals surface area contributed by atoms with Crippen molar-refractivity contribution < 1.29 is 49.6 Å². The van der Waals surface area contributed by atoms with Gasteiger partial charge in [0.15, 0.2) is 6.29 Å². The lowest BCUT2D eigenvalue weighted by atomic mass is 9.99. The number of aliphatic hydroxyl groups is 6. The van der Waals surface area contributed by atoms with Gasteiger partial charge in [0.2, 0.25) is 0 Å². The second-order valence-electron chi connectivity index (χ2n) is 10.1. The number of cyclic esters (lactones) is 1. The number of carbonyl (C=O) groups is 1. The summed E-state index contributed by atoms with van der Waals surface area (Å²) in [6, 6.07) is 0. The van der Waals surface area contributed by atoms with Crippen molar-refractivity contribution >= 4 is 5.97 Å². The molecular weight excluding hydrogens is 532 g/mol. The van der Waals surface area contributed by atoms with E-state index >= 15 is 0 Å². The van der Waals surface area contributed by atoms with Gasteiger partial charge in [0.25, 0.3) is 0 Å². The molecule has 0 bridgehead atoms. The van der Waals surface area contributed by atoms with E-state index in [4.69, 9.17) is 14.2 Å². The summed E-state index contributed by atoms with van der Waals surface area (Å²) in [5.74, 6) is -0.440. The Morgan fingerprint density at radius 2 is 1.59 bits per heavy atom. The van der Waals surface area contributed by atoms with Crippen LogP contribution in [0, 0.1) is 0 Å². The van der Waals surface area contributed by atoms with Crippen LogP contribution in [0.2, 0.25) is 0 Å². The van der Waals surface area contributed by atoms with Gasteiger partial charge in [-0.2, -0.15) is 0 Å². The number of esters is 1. The monoisotopic (exact) mass is 578 g/mol. The normalized spacial score (nSPS) is 39.9. The first-order valence-corrected chi connectivity index (χ1v) is 14.3. The predicted molar refractivity (Wildman–Crippen MR) is 153 cm³/mol. The first kappa shape index (κ1) is 34.8. The molecule has 1 fully saturated rings. The Balaban J connectivity index is 2.14. The van der Waals surface area contributed by atoms with Crippen molar-refractivity contribution in [2.45, 2.75) is 107 Å². The van der Waals surface area contributed by atoms with E-state index in [-0.39, 0.29) is 12.5 Å². The molecule has 41 heavy (non-hydrogen) atoms. The molecule has 10 heteroatoms. The molecule has 0 saturated carbocycles. The van der Waals surface area contributed by atoms with E-state index in [1.54, 1.807) is 54.7 Å². The average Bonchev–Trinajstić information content (AvgIpc) is 2.94. The lowest BCUT2D eigenvalue weighted by Gasteiger charge is -2.40. The van der Waals surface area contributed by atoms with Crippen LogP contribution in [0.3, 0.4) is 0 Å². The SMILES string of the molecule is CCC1CCC/C=C/C=C/C(O)CC(O)C/C=C\C=C\C(OC2OC(CO)C(O)C(O)C2O)C/C=C/C=C\C(=O)O1. The standard InChI is InChI=1S/C31H46O10/c1-2-24-16-10-5-3-4-8-14-22(33)20-23(34)15-9-6-11-17-25(18-12-7-13-19-27(35)39-24)40-31-30(38)29(37)28(36)26(21-32)41-31/h3-4,6-9,11-14,17,19,22-26,28-34,36-38H,2,5,10,15-16,18,20-21H2,1H3/b4-3+,9-6-,12-7+,14-8+,17-11+,19-13-. The predicted octanol–water partition coefficient (Wildman–Crippen LogP) is 1.91. The molecule has 10 nitrogen and oxygen atoms in total. The lowest BCUT2D eigenvalue weighted by molar-refractivity contribution is -0.307. The van der Waals surface area contributed by atoms with E-state index in [0.29, 0.717) is 19.3 Å². The Morgan fingerprint density at radius 3 is 2.34 bits per heavy atom. The summed E-state index contributed by atoms with van der Waals surface area (Å²) >= 11 is 0. The van der Waals surface area contributed by atoms with Crippen LogP contribution in [-0.4, -0.2) is 98.3 Å². The highest BCUT2D eigenvalue weighted by Crippen LogP contribution is 2.24. The molecule has 0 aromatic heterocycles. The molecule has 9 unspecified atom stereocenters. The summed E-state index contributed by atoms with van der Waals surface area (Å²) in [5, 5.41) is 60.3. The Hall–Kier alpha value is -2.41. The summed E-state index contributed by atoms with van der Waals surface area (Å²) < 4.78 is 16.9. The Morgan fingerprint density at radius 1 is 0.878 bits per heavy atom. The zero-order valence-corrected chi connectivity index (χ0v) is 23.6. The van der Waals surface area contributed by atoms with Gasteiger partial charge in [-0.1, -0.05) is 73.8 Å². The zero-order valence-electron chi connectivity index (χ0n) is 23.6. The average molecular weight is 579 g/mol. The minimum Gasteiger partial charge on any atom is -0.459 e. The molecule has 2 rings (SSSR count). The van der Waals surface area contributed by atoms with Crippen molar-refractivity contribution in [3.05, 3.63) is 72.9 Å². The van der Waals surface area contributed by atoms with Crippen LogP contribution in [0.5, 0.6) is 0 Å². The van der Waals surface area contributed by atoms with Gasteiger partial charge in [-0.25, -0.2) is 4.79 Å². The molecule has 0 amide bonds. The van der Waals surface area contributed by atoms with E-state index in [9.17, 15) is 35.4 Å². The Bertz CT molecular complexity index is 922. The third-order valence-electron chi connectivity index (χ3n) is 6.72. The van der Waals surface area contributed by atoms with E-state index in [0.717, 1.165) is 19.3 Å². The molecule has 230 valence electrons. The number of carbonyl (C=O) groups excluding carboxylic acids is 1. The maximum atomic E-state index is 12.2. The van der Waals surface area contributed by atoms with Crippen LogP contribution >= 0.6 is 0 Å². The Labute approximate surface area is 242 Å². The summed E-state index contributed by atoms with van der Waals surface area (Å²) in [5.41, 5.74) is 0. The maximum Gasteiger partial charge on any atom is 0.331 e. The van der Waals surface area contributed by atoms with Gasteiger partial charge in [-0.15, -0.1) is 0 Å². The van der Waals surface area contributed by atoms with Crippen LogP contribution in [0.1, 0.15) is 51.9 Å². The summed E-state index contributed by atoms with van der Waals surface area (Å²) in [6.07, 6.45) is 14.8. The first-order chi connectivity index (χ1) is 19.7. The smallest absolute Gasteiger partial charge is 0.331 e. The fraction of sp³-hybridized carbons (Fsp3) is 0.581. The topological polar surface area (TPSA) is 166 Å². The number of aliphatic hydroxyl groups excluding tert-OH is 6. The molecule has 0 spiro atoms. The molecule has 6 N–H and O–H groups in total. The molecule has 1 saturated heterocycles. The van der Waals surface area contributed by atoms with Gasteiger partial charge in [0.1, 0.15) is 30.5 Å². The van der Waals surface area contributed by atoms with Crippen molar-refractivity contribution in [2.24, 2.45) is 0 Å². The van der Waals surface area contributed by atoms with Gasteiger partial charge in [-0.05, 0) is 38.5 Å².